The van der Waals surface area contributed by atoms with Gasteiger partial charge in [-0.2, -0.15) is 21.6 Å². The number of alkyl halides is 3. The second-order valence-electron chi connectivity index (χ2n) is 6.79. The highest BCUT2D eigenvalue weighted by molar-refractivity contribution is 7.85. The minimum atomic E-state index is -5.19. The molecule has 2 aromatic carbocycles. The third-order valence-corrected chi connectivity index (χ3v) is 5.38. The molecule has 0 aliphatic carbocycles. The van der Waals surface area contributed by atoms with E-state index >= 15 is 0 Å². The molecule has 2 aromatic rings. The number of esters is 1. The molecule has 0 radical (unpaired) electrons. The number of hydrogen-bond acceptors (Lipinski definition) is 5. The number of carbonyl (C=O) groups is 1. The summed E-state index contributed by atoms with van der Waals surface area (Å²) in [5, 5.41) is 1.47. The quantitative estimate of drug-likeness (QED) is 0.440. The summed E-state index contributed by atoms with van der Waals surface area (Å²) in [6.45, 7) is 0.981. The number of rotatable bonds is 6. The topological polar surface area (TPSA) is 93.2 Å². The van der Waals surface area contributed by atoms with Crippen molar-refractivity contribution in [3.8, 4) is 0 Å². The van der Waals surface area contributed by atoms with Gasteiger partial charge in [0.25, 0.3) is 10.1 Å². The van der Waals surface area contributed by atoms with Gasteiger partial charge in [-0.05, 0) is 28.8 Å². The normalized spacial score (nSPS) is 19.2. The zero-order valence-electron chi connectivity index (χ0n) is 14.7. The number of benzene rings is 2. The first-order valence-electron chi connectivity index (χ1n) is 8.25. The molecule has 1 fully saturated rings. The van der Waals surface area contributed by atoms with Crippen LogP contribution >= 0.6 is 0 Å². The lowest BCUT2D eigenvalue weighted by atomic mass is 9.96. The Bertz CT molecular complexity index is 1010. The van der Waals surface area contributed by atoms with Crippen LogP contribution in [-0.4, -0.2) is 43.1 Å². The van der Waals surface area contributed by atoms with Crippen LogP contribution in [0.25, 0.3) is 10.8 Å². The Morgan fingerprint density at radius 2 is 1.82 bits per heavy atom. The van der Waals surface area contributed by atoms with Crippen molar-refractivity contribution in [3.05, 3.63) is 47.5 Å². The van der Waals surface area contributed by atoms with E-state index in [2.05, 4.69) is 4.74 Å². The van der Waals surface area contributed by atoms with Gasteiger partial charge < -0.3 is 9.47 Å². The van der Waals surface area contributed by atoms with Gasteiger partial charge in [0.05, 0.1) is 13.0 Å². The molecule has 0 spiro atoms. The maximum Gasteiger partial charge on any atom is 0.429 e. The van der Waals surface area contributed by atoms with Gasteiger partial charge in [0.1, 0.15) is 11.9 Å². The lowest BCUT2D eigenvalue weighted by Crippen LogP contribution is -2.51. The highest BCUT2D eigenvalue weighted by atomic mass is 32.2. The summed E-state index contributed by atoms with van der Waals surface area (Å²) in [4.78, 5) is 12.2. The molecule has 0 bridgehead atoms. The first-order valence-corrected chi connectivity index (χ1v) is 9.86. The van der Waals surface area contributed by atoms with Crippen molar-refractivity contribution < 1.29 is 40.4 Å². The molecule has 3 rings (SSSR count). The first kappa shape index (κ1) is 20.6. The maximum absolute atomic E-state index is 13.3. The minimum absolute atomic E-state index is 0.0471. The van der Waals surface area contributed by atoms with Crippen LogP contribution in [0.4, 0.5) is 13.2 Å². The molecule has 1 saturated heterocycles. The zero-order valence-corrected chi connectivity index (χ0v) is 15.5. The predicted octanol–water partition coefficient (Wildman–Crippen LogP) is 3.21. The van der Waals surface area contributed by atoms with Crippen molar-refractivity contribution in [2.24, 2.45) is 0 Å². The molecular formula is C18H17F3O6S. The molecule has 1 aliphatic heterocycles. The minimum Gasteiger partial charge on any atom is -0.448 e. The van der Waals surface area contributed by atoms with Gasteiger partial charge in [0.15, 0.2) is 0 Å². The van der Waals surface area contributed by atoms with Gasteiger partial charge in [-0.1, -0.05) is 36.4 Å². The maximum atomic E-state index is 13.3. The van der Waals surface area contributed by atoms with E-state index < -0.39 is 40.0 Å². The van der Waals surface area contributed by atoms with E-state index in [9.17, 15) is 26.4 Å². The Balaban J connectivity index is 1.87. The fraction of sp³-hybridized carbons (Fsp3) is 0.389. The summed E-state index contributed by atoms with van der Waals surface area (Å²) in [7, 11) is -5.04. The summed E-state index contributed by atoms with van der Waals surface area (Å²) in [6, 6.07) is 10.4. The lowest BCUT2D eigenvalue weighted by Gasteiger charge is -2.30. The summed E-state index contributed by atoms with van der Waals surface area (Å²) < 4.78 is 80.3. The molecule has 0 amide bonds. The van der Waals surface area contributed by atoms with Crippen LogP contribution in [0.1, 0.15) is 24.2 Å². The molecule has 152 valence electrons. The molecule has 2 atom stereocenters. The second kappa shape index (κ2) is 7.02. The smallest absolute Gasteiger partial charge is 0.429 e. The Morgan fingerprint density at radius 3 is 2.36 bits per heavy atom. The predicted molar refractivity (Wildman–Crippen MR) is 93.3 cm³/mol. The third-order valence-electron chi connectivity index (χ3n) is 4.46. The van der Waals surface area contributed by atoms with Crippen LogP contribution in [-0.2, 0) is 30.8 Å². The summed E-state index contributed by atoms with van der Waals surface area (Å²) in [6.07, 6.45) is -5.73. The summed E-state index contributed by atoms with van der Waals surface area (Å²) in [5.41, 5.74) is -2.02. The second-order valence-corrected chi connectivity index (χ2v) is 8.24. The number of fused-ring (bicyclic) bond motifs is 1. The SMILES string of the molecule is CC(CS(=O)(=O)O)(OC(=O)Cc1ccc(C2CO2)c2ccccc12)C(F)(F)F. The van der Waals surface area contributed by atoms with Gasteiger partial charge in [-0.15, -0.1) is 0 Å². The largest absolute Gasteiger partial charge is 0.448 e. The van der Waals surface area contributed by atoms with Gasteiger partial charge >= 0.3 is 12.1 Å². The summed E-state index contributed by atoms with van der Waals surface area (Å²) in [5.74, 6) is -3.04. The molecule has 1 N–H and O–H groups in total. The van der Waals surface area contributed by atoms with Crippen molar-refractivity contribution in [2.45, 2.75) is 31.2 Å². The van der Waals surface area contributed by atoms with E-state index in [1.54, 1.807) is 30.3 Å². The average Bonchev–Trinajstić information content (AvgIpc) is 3.37. The van der Waals surface area contributed by atoms with E-state index in [4.69, 9.17) is 9.29 Å². The molecule has 2 unspecified atom stereocenters. The monoisotopic (exact) mass is 418 g/mol. The van der Waals surface area contributed by atoms with E-state index in [0.29, 0.717) is 24.5 Å². The van der Waals surface area contributed by atoms with Crippen LogP contribution < -0.4 is 0 Å². The molecule has 1 aliphatic rings. The molecule has 28 heavy (non-hydrogen) atoms. The molecule has 1 heterocycles. The number of epoxide rings is 1. The average molecular weight is 418 g/mol. The Hall–Kier alpha value is -2.17. The van der Waals surface area contributed by atoms with Crippen molar-refractivity contribution >= 4 is 26.9 Å². The van der Waals surface area contributed by atoms with Crippen LogP contribution in [0, 0.1) is 0 Å². The van der Waals surface area contributed by atoms with Crippen LogP contribution in [0.3, 0.4) is 0 Å². The number of halogens is 3. The number of ether oxygens (including phenoxy) is 2. The standard InChI is InChI=1S/C18H17F3O6S/c1-17(18(19,20)21,10-28(23,24)25)27-16(22)8-11-6-7-14(15-9-26-15)13-5-3-2-4-12(11)13/h2-7,15H,8-10H2,1H3,(H,23,24,25). The summed E-state index contributed by atoms with van der Waals surface area (Å²) >= 11 is 0. The molecule has 10 heteroatoms. The number of hydrogen-bond donors (Lipinski definition) is 1. The fourth-order valence-corrected chi connectivity index (χ4v) is 3.93. The lowest BCUT2D eigenvalue weighted by molar-refractivity contribution is -0.255. The Kier molecular flexibility index (Phi) is 5.15. The van der Waals surface area contributed by atoms with E-state index in [-0.39, 0.29) is 6.10 Å². The van der Waals surface area contributed by atoms with Gasteiger partial charge in [0.2, 0.25) is 5.60 Å². The Labute approximate surface area is 159 Å². The zero-order chi connectivity index (χ0) is 20.7. The number of carbonyl (C=O) groups excluding carboxylic acids is 1. The van der Waals surface area contributed by atoms with E-state index in [1.807, 2.05) is 6.07 Å². The van der Waals surface area contributed by atoms with Crippen molar-refractivity contribution in [3.63, 3.8) is 0 Å². The molecule has 0 aromatic heterocycles. The van der Waals surface area contributed by atoms with Crippen molar-refractivity contribution in [1.82, 2.24) is 0 Å². The van der Waals surface area contributed by atoms with Gasteiger partial charge in [-0.3, -0.25) is 9.35 Å². The van der Waals surface area contributed by atoms with Gasteiger partial charge in [0, 0.05) is 0 Å². The van der Waals surface area contributed by atoms with Crippen LogP contribution in [0.15, 0.2) is 36.4 Å². The van der Waals surface area contributed by atoms with Crippen LogP contribution in [0.5, 0.6) is 0 Å². The van der Waals surface area contributed by atoms with E-state index in [1.165, 1.54) is 0 Å². The highest BCUT2D eigenvalue weighted by Gasteiger charge is 2.57. The third kappa shape index (κ3) is 4.45. The highest BCUT2D eigenvalue weighted by Crippen LogP contribution is 2.37. The van der Waals surface area contributed by atoms with E-state index in [0.717, 1.165) is 10.9 Å². The van der Waals surface area contributed by atoms with Crippen molar-refractivity contribution in [2.75, 3.05) is 12.4 Å². The first-order chi connectivity index (χ1) is 12.9. The molecule has 0 saturated carbocycles. The van der Waals surface area contributed by atoms with Gasteiger partial charge in [-0.25, -0.2) is 0 Å². The molecular weight excluding hydrogens is 401 g/mol. The Morgan fingerprint density at radius 1 is 1.21 bits per heavy atom. The fourth-order valence-electron chi connectivity index (χ4n) is 3.01. The van der Waals surface area contributed by atoms with Crippen molar-refractivity contribution in [1.29, 1.82) is 0 Å². The molecule has 6 nitrogen and oxygen atoms in total. The van der Waals surface area contributed by atoms with Crippen LogP contribution in [0.2, 0.25) is 0 Å².